The summed E-state index contributed by atoms with van der Waals surface area (Å²) in [7, 11) is 0. The molecule has 2 aliphatic rings. The number of fused-ring (bicyclic) bond motifs is 1. The van der Waals surface area contributed by atoms with Crippen molar-refractivity contribution < 1.29 is 42.0 Å². The predicted molar refractivity (Wildman–Crippen MR) is 136 cm³/mol. The third kappa shape index (κ3) is 5.30. The maximum Gasteiger partial charge on any atom is 0.422 e. The monoisotopic (exact) mass is 570 g/mol. The molecule has 13 heteroatoms. The number of nitrogens with zero attached hydrogens (tertiary/aromatic N) is 3. The molecule has 4 aromatic rings. The lowest BCUT2D eigenvalue weighted by Crippen LogP contribution is -2.49. The van der Waals surface area contributed by atoms with Crippen LogP contribution in [0.5, 0.6) is 5.75 Å². The summed E-state index contributed by atoms with van der Waals surface area (Å²) >= 11 is 0. The number of aliphatic hydroxyl groups excluding tert-OH is 1. The molecule has 1 saturated carbocycles. The highest BCUT2D eigenvalue weighted by molar-refractivity contribution is 5.71. The Hall–Kier alpha value is -4.23. The van der Waals surface area contributed by atoms with Gasteiger partial charge in [-0.3, -0.25) is 4.79 Å². The number of carboxylic acids is 1. The number of rotatable bonds is 6. The van der Waals surface area contributed by atoms with E-state index >= 15 is 0 Å². The SMILES string of the molecule is O=C(O)[C@H]1CCC[C@H](N[C@@H]2COc3cc(-c4noc(-c5onc(-c6ccccc6)c5C(F)(F)F)n4)ccc3[C@H]2O)C1. The average molecular weight is 571 g/mol. The molecule has 0 radical (unpaired) electrons. The topological polar surface area (TPSA) is 144 Å². The van der Waals surface area contributed by atoms with Crippen LogP contribution in [0.4, 0.5) is 13.2 Å². The van der Waals surface area contributed by atoms with E-state index in [1.807, 2.05) is 0 Å². The van der Waals surface area contributed by atoms with Gasteiger partial charge in [0.15, 0.2) is 0 Å². The van der Waals surface area contributed by atoms with Crippen molar-refractivity contribution >= 4 is 5.97 Å². The van der Waals surface area contributed by atoms with E-state index in [9.17, 15) is 28.2 Å². The van der Waals surface area contributed by atoms with Gasteiger partial charge < -0.3 is 29.3 Å². The molecule has 0 saturated heterocycles. The van der Waals surface area contributed by atoms with Gasteiger partial charge in [0.25, 0.3) is 5.89 Å². The molecule has 0 amide bonds. The van der Waals surface area contributed by atoms with Crippen LogP contribution < -0.4 is 10.1 Å². The average Bonchev–Trinajstić information content (AvgIpc) is 3.63. The van der Waals surface area contributed by atoms with Crippen molar-refractivity contribution in [3.63, 3.8) is 0 Å². The first-order chi connectivity index (χ1) is 19.7. The number of halogens is 3. The first-order valence-corrected chi connectivity index (χ1v) is 13.1. The van der Waals surface area contributed by atoms with Crippen LogP contribution in [-0.2, 0) is 11.0 Å². The second-order valence-electron chi connectivity index (χ2n) is 10.2. The second kappa shape index (κ2) is 10.6. The highest BCUT2D eigenvalue weighted by Gasteiger charge is 2.43. The number of carboxylic acid groups (broad SMARTS) is 1. The van der Waals surface area contributed by atoms with Gasteiger partial charge in [-0.15, -0.1) is 0 Å². The van der Waals surface area contributed by atoms with Crippen LogP contribution in [0.25, 0.3) is 34.3 Å². The number of benzene rings is 2. The molecule has 2 aromatic carbocycles. The van der Waals surface area contributed by atoms with Gasteiger partial charge in [-0.2, -0.15) is 18.2 Å². The lowest BCUT2D eigenvalue weighted by atomic mass is 9.85. The summed E-state index contributed by atoms with van der Waals surface area (Å²) in [6.45, 7) is 0.138. The fraction of sp³-hybridized carbons (Fsp3) is 0.357. The van der Waals surface area contributed by atoms with Crippen molar-refractivity contribution in [1.29, 1.82) is 0 Å². The molecule has 6 rings (SSSR count). The normalized spacial score (nSPS) is 22.6. The van der Waals surface area contributed by atoms with Crippen LogP contribution in [0.15, 0.2) is 57.6 Å². The van der Waals surface area contributed by atoms with E-state index in [2.05, 4.69) is 20.6 Å². The van der Waals surface area contributed by atoms with Crippen LogP contribution in [0.1, 0.15) is 42.9 Å². The Morgan fingerprint density at radius 2 is 1.83 bits per heavy atom. The fourth-order valence-corrected chi connectivity index (χ4v) is 5.46. The summed E-state index contributed by atoms with van der Waals surface area (Å²) < 4.78 is 58.2. The molecule has 0 spiro atoms. The summed E-state index contributed by atoms with van der Waals surface area (Å²) in [6, 6.07) is 12.1. The van der Waals surface area contributed by atoms with Crippen LogP contribution in [0, 0.1) is 5.92 Å². The molecule has 4 atom stereocenters. The quantitative estimate of drug-likeness (QED) is 0.286. The van der Waals surface area contributed by atoms with E-state index < -0.39 is 47.4 Å². The zero-order valence-corrected chi connectivity index (χ0v) is 21.5. The maximum atomic E-state index is 14.0. The van der Waals surface area contributed by atoms with Gasteiger partial charge >= 0.3 is 12.1 Å². The number of nitrogens with one attached hydrogen (secondary N) is 1. The lowest BCUT2D eigenvalue weighted by molar-refractivity contribution is -0.143. The number of hydrogen-bond donors (Lipinski definition) is 3. The number of hydrogen-bond acceptors (Lipinski definition) is 9. The minimum atomic E-state index is -4.80. The Kier molecular flexibility index (Phi) is 6.99. The minimum Gasteiger partial charge on any atom is -0.491 e. The zero-order valence-electron chi connectivity index (χ0n) is 21.5. The van der Waals surface area contributed by atoms with Crippen LogP contribution in [0.3, 0.4) is 0 Å². The van der Waals surface area contributed by atoms with E-state index in [0.717, 1.165) is 12.8 Å². The zero-order chi connectivity index (χ0) is 28.7. The fourth-order valence-electron chi connectivity index (χ4n) is 5.46. The largest absolute Gasteiger partial charge is 0.491 e. The molecular formula is C28H25F3N4O6. The van der Waals surface area contributed by atoms with Crippen LogP contribution >= 0.6 is 0 Å². The molecule has 0 bridgehead atoms. The Morgan fingerprint density at radius 1 is 1.02 bits per heavy atom. The van der Waals surface area contributed by atoms with Gasteiger partial charge in [0, 0.05) is 22.7 Å². The number of carbonyl (C=O) groups is 1. The Morgan fingerprint density at radius 3 is 2.59 bits per heavy atom. The molecule has 1 aliphatic carbocycles. The third-order valence-corrected chi connectivity index (χ3v) is 7.51. The number of aromatic nitrogens is 3. The van der Waals surface area contributed by atoms with Crippen LogP contribution in [0.2, 0.25) is 0 Å². The summed E-state index contributed by atoms with van der Waals surface area (Å²) in [5, 5.41) is 31.2. The molecule has 214 valence electrons. The van der Waals surface area contributed by atoms with E-state index in [0.29, 0.717) is 29.7 Å². The Labute approximate surface area is 231 Å². The van der Waals surface area contributed by atoms with Crippen molar-refractivity contribution in [1.82, 2.24) is 20.6 Å². The van der Waals surface area contributed by atoms with E-state index in [1.54, 1.807) is 36.4 Å². The lowest BCUT2D eigenvalue weighted by Gasteiger charge is -2.36. The first-order valence-electron chi connectivity index (χ1n) is 13.1. The third-order valence-electron chi connectivity index (χ3n) is 7.51. The molecular weight excluding hydrogens is 545 g/mol. The summed E-state index contributed by atoms with van der Waals surface area (Å²) in [4.78, 5) is 15.5. The predicted octanol–water partition coefficient (Wildman–Crippen LogP) is 5.10. The van der Waals surface area contributed by atoms with Gasteiger partial charge in [-0.25, -0.2) is 0 Å². The first kappa shape index (κ1) is 27.0. The second-order valence-corrected chi connectivity index (χ2v) is 10.2. The Bertz CT molecular complexity index is 1550. The highest BCUT2D eigenvalue weighted by atomic mass is 19.4. The minimum absolute atomic E-state index is 0.00570. The van der Waals surface area contributed by atoms with E-state index in [1.165, 1.54) is 12.1 Å². The smallest absolute Gasteiger partial charge is 0.422 e. The van der Waals surface area contributed by atoms with Crippen molar-refractivity contribution in [2.75, 3.05) is 6.61 Å². The summed E-state index contributed by atoms with van der Waals surface area (Å²) in [5.41, 5.74) is -0.391. The van der Waals surface area contributed by atoms with Crippen molar-refractivity contribution in [3.8, 4) is 40.0 Å². The van der Waals surface area contributed by atoms with Crippen LogP contribution in [-0.4, -0.2) is 50.2 Å². The van der Waals surface area contributed by atoms with Crippen molar-refractivity contribution in [2.45, 2.75) is 50.0 Å². The van der Waals surface area contributed by atoms with Gasteiger partial charge in [0.2, 0.25) is 11.6 Å². The molecule has 41 heavy (non-hydrogen) atoms. The molecule has 0 unspecified atom stereocenters. The van der Waals surface area contributed by atoms with E-state index in [-0.39, 0.29) is 29.7 Å². The number of aliphatic carboxylic acids is 1. The van der Waals surface area contributed by atoms with E-state index in [4.69, 9.17) is 13.8 Å². The number of alkyl halides is 3. The molecule has 3 heterocycles. The molecule has 2 aromatic heterocycles. The molecule has 1 aliphatic heterocycles. The number of ether oxygens (including phenoxy) is 1. The van der Waals surface area contributed by atoms with Crippen molar-refractivity contribution in [2.24, 2.45) is 5.92 Å². The summed E-state index contributed by atoms with van der Waals surface area (Å²) in [5.74, 6) is -2.04. The van der Waals surface area contributed by atoms with Crippen molar-refractivity contribution in [3.05, 3.63) is 59.7 Å². The Balaban J connectivity index is 1.22. The van der Waals surface area contributed by atoms with Gasteiger partial charge in [-0.1, -0.05) is 59.2 Å². The van der Waals surface area contributed by atoms with Gasteiger partial charge in [0.1, 0.15) is 29.7 Å². The standard InChI is InChI=1S/C28H25F3N4O6/c29-28(30,31)21-22(14-5-2-1-3-6-14)34-40-24(21)26-33-25(35-41-26)15-9-10-18-20(12-15)39-13-19(23(18)36)32-17-8-4-7-16(11-17)27(37)38/h1-3,5-6,9-10,12,16-17,19,23,32,36H,4,7-8,11,13H2,(H,37,38)/t16-,17-,19+,23+/m0/s1. The number of aliphatic hydroxyl groups is 1. The van der Waals surface area contributed by atoms with Gasteiger partial charge in [0.05, 0.1) is 12.0 Å². The summed E-state index contributed by atoms with van der Waals surface area (Å²) in [6.07, 6.45) is -2.99. The molecule has 10 nitrogen and oxygen atoms in total. The maximum absolute atomic E-state index is 14.0. The highest BCUT2D eigenvalue weighted by Crippen LogP contribution is 2.43. The molecule has 1 fully saturated rings. The molecule has 3 N–H and O–H groups in total. The van der Waals surface area contributed by atoms with Gasteiger partial charge in [-0.05, 0) is 25.3 Å².